The number of carboxylic acids is 1. The Balaban J connectivity index is 0.00000361. The van der Waals surface area contributed by atoms with Crippen LogP contribution in [-0.2, 0) is 4.79 Å². The minimum Gasteiger partial charge on any atom is -1.00 e. The fraction of sp³-hybridized carbons (Fsp3) is 0.185. The number of nitrogens with zero attached hydrogens (tertiary/aromatic N) is 3. The average molecular weight is 549 g/mol. The monoisotopic (exact) mass is 548 g/mol. The second-order valence-electron chi connectivity index (χ2n) is 8.13. The number of carbonyl (C=O) groups is 2. The van der Waals surface area contributed by atoms with Gasteiger partial charge >= 0.3 is 35.5 Å². The maximum Gasteiger partial charge on any atom is 1.00 e. The number of carboxylic acid groups (broad SMARTS) is 1. The van der Waals surface area contributed by atoms with Crippen molar-refractivity contribution < 1.29 is 45.7 Å². The third-order valence-electron chi connectivity index (χ3n) is 5.16. The molecule has 1 amide bonds. The van der Waals surface area contributed by atoms with Gasteiger partial charge in [-0.15, -0.1) is 0 Å². The molecular formula is C27H27Cl2N4NaO3. The molecule has 1 aromatic heterocycles. The molecule has 3 rings (SSSR count). The second-order valence-corrected chi connectivity index (χ2v) is 8.95. The molecule has 7 nitrogen and oxygen atoms in total. The predicted octanol–water partition coefficient (Wildman–Crippen LogP) is 3.29. The number of aliphatic carboxylic acids is 1. The molecular weight excluding hydrogens is 522 g/mol. The summed E-state index contributed by atoms with van der Waals surface area (Å²) < 4.78 is 0. The van der Waals surface area contributed by atoms with E-state index in [9.17, 15) is 14.7 Å². The predicted molar refractivity (Wildman–Crippen MR) is 145 cm³/mol. The van der Waals surface area contributed by atoms with Crippen LogP contribution in [-0.4, -0.2) is 39.5 Å². The largest absolute Gasteiger partial charge is 1.00 e. The topological polar surface area (TPSA) is 95.4 Å². The zero-order valence-corrected chi connectivity index (χ0v) is 24.4. The molecule has 2 N–H and O–H groups in total. The Morgan fingerprint density at radius 3 is 2.24 bits per heavy atom. The van der Waals surface area contributed by atoms with E-state index in [1.54, 1.807) is 36.7 Å². The van der Waals surface area contributed by atoms with Crippen molar-refractivity contribution in [3.63, 3.8) is 0 Å². The van der Waals surface area contributed by atoms with Crippen LogP contribution in [0.3, 0.4) is 0 Å². The van der Waals surface area contributed by atoms with Gasteiger partial charge in [0.2, 0.25) is 5.95 Å². The number of nitrogens with one attached hydrogen (secondary N) is 1. The average Bonchev–Trinajstić information content (AvgIpc) is 2.84. The maximum absolute atomic E-state index is 12.6. The molecule has 37 heavy (non-hydrogen) atoms. The Morgan fingerprint density at radius 1 is 1.05 bits per heavy atom. The van der Waals surface area contributed by atoms with E-state index >= 15 is 0 Å². The van der Waals surface area contributed by atoms with Crippen molar-refractivity contribution >= 4 is 52.8 Å². The molecule has 3 aromatic rings. The SMILES string of the molecule is CC(C)=CCN(c1ccc(/C=C/CC(NC(=O)c2c(Cl)cccc2Cl)C(=O)O)cc1)c1ncccn1.[H-].[Na+]. The van der Waals surface area contributed by atoms with Gasteiger partial charge in [-0.05, 0) is 56.2 Å². The molecule has 0 fully saturated rings. The van der Waals surface area contributed by atoms with Crippen LogP contribution < -0.4 is 39.8 Å². The van der Waals surface area contributed by atoms with E-state index < -0.39 is 17.9 Å². The van der Waals surface area contributed by atoms with Crippen molar-refractivity contribution in [1.29, 1.82) is 0 Å². The fourth-order valence-electron chi connectivity index (χ4n) is 3.28. The summed E-state index contributed by atoms with van der Waals surface area (Å²) in [4.78, 5) is 35.0. The first-order valence-electron chi connectivity index (χ1n) is 11.2. The van der Waals surface area contributed by atoms with Gasteiger partial charge < -0.3 is 16.7 Å². The van der Waals surface area contributed by atoms with Crippen LogP contribution in [0.2, 0.25) is 10.0 Å². The van der Waals surface area contributed by atoms with Gasteiger partial charge in [0.1, 0.15) is 6.04 Å². The summed E-state index contributed by atoms with van der Waals surface area (Å²) in [5.74, 6) is -1.21. The van der Waals surface area contributed by atoms with Gasteiger partial charge in [-0.2, -0.15) is 0 Å². The summed E-state index contributed by atoms with van der Waals surface area (Å²) in [7, 11) is 0. The molecule has 0 aliphatic carbocycles. The van der Waals surface area contributed by atoms with Gasteiger partial charge in [0.25, 0.3) is 5.91 Å². The number of hydrogen-bond donors (Lipinski definition) is 2. The quantitative estimate of drug-likeness (QED) is 0.298. The third-order valence-corrected chi connectivity index (χ3v) is 5.79. The van der Waals surface area contributed by atoms with Crippen molar-refractivity contribution in [3.05, 3.63) is 99.8 Å². The van der Waals surface area contributed by atoms with Gasteiger partial charge in [0.15, 0.2) is 0 Å². The van der Waals surface area contributed by atoms with E-state index in [1.807, 2.05) is 43.0 Å². The number of aromatic nitrogens is 2. The van der Waals surface area contributed by atoms with Crippen molar-refractivity contribution in [2.24, 2.45) is 0 Å². The molecule has 2 aromatic carbocycles. The number of amides is 1. The van der Waals surface area contributed by atoms with Gasteiger partial charge in [-0.25, -0.2) is 14.8 Å². The third kappa shape index (κ3) is 8.98. The number of carbonyl (C=O) groups excluding carboxylic acids is 1. The van der Waals surface area contributed by atoms with E-state index in [0.29, 0.717) is 12.5 Å². The molecule has 1 heterocycles. The fourth-order valence-corrected chi connectivity index (χ4v) is 3.85. The molecule has 1 atom stereocenters. The molecule has 0 saturated heterocycles. The van der Waals surface area contributed by atoms with E-state index in [2.05, 4.69) is 21.4 Å². The molecule has 0 spiro atoms. The molecule has 188 valence electrons. The minimum atomic E-state index is -1.16. The normalized spacial score (nSPS) is 11.4. The summed E-state index contributed by atoms with van der Waals surface area (Å²) in [5, 5.41) is 12.3. The second kappa shape index (κ2) is 14.9. The van der Waals surface area contributed by atoms with Gasteiger partial charge in [-0.3, -0.25) is 4.79 Å². The van der Waals surface area contributed by atoms with Crippen LogP contribution in [0.15, 0.2) is 78.6 Å². The zero-order chi connectivity index (χ0) is 26.1. The Kier molecular flexibility index (Phi) is 12.3. The van der Waals surface area contributed by atoms with Crippen molar-refractivity contribution in [2.75, 3.05) is 11.4 Å². The zero-order valence-electron chi connectivity index (χ0n) is 21.9. The van der Waals surface area contributed by atoms with E-state index in [-0.39, 0.29) is 53.0 Å². The van der Waals surface area contributed by atoms with Gasteiger partial charge in [-0.1, -0.05) is 65.2 Å². The molecule has 10 heteroatoms. The van der Waals surface area contributed by atoms with Crippen LogP contribution in [0, 0.1) is 0 Å². The number of anilines is 2. The van der Waals surface area contributed by atoms with E-state index in [0.717, 1.165) is 11.3 Å². The smallest absolute Gasteiger partial charge is 1.00 e. The summed E-state index contributed by atoms with van der Waals surface area (Å²) in [6.45, 7) is 4.69. The summed E-state index contributed by atoms with van der Waals surface area (Å²) in [6.07, 6.45) is 9.08. The Morgan fingerprint density at radius 2 is 1.68 bits per heavy atom. The van der Waals surface area contributed by atoms with Crippen LogP contribution in [0.1, 0.15) is 37.6 Å². The number of hydrogen-bond acceptors (Lipinski definition) is 5. The number of allylic oxidation sites excluding steroid dienone is 1. The Bertz CT molecular complexity index is 1250. The first kappa shape index (κ1) is 30.5. The molecule has 0 radical (unpaired) electrons. The number of rotatable bonds is 10. The van der Waals surface area contributed by atoms with Crippen LogP contribution in [0.25, 0.3) is 6.08 Å². The molecule has 0 saturated carbocycles. The van der Waals surface area contributed by atoms with Crippen LogP contribution in [0.5, 0.6) is 0 Å². The standard InChI is InChI=1S/C27H26Cl2N4O3.Na.H/c1-18(2)14-17-33(27-30-15-5-16-31-27)20-12-10-19(11-13-20)6-3-9-23(26(35)36)32-25(34)24-21(28)7-4-8-22(24)29;;/h3-8,10-16,23H,9,17H2,1-2H3,(H,32,34)(H,35,36);;/q;+1;-1/b6-3+;;. The number of benzene rings is 2. The molecule has 0 aliphatic heterocycles. The minimum absolute atomic E-state index is 0. The molecule has 1 unspecified atom stereocenters. The molecule has 0 aliphatic rings. The van der Waals surface area contributed by atoms with Crippen LogP contribution in [0.4, 0.5) is 11.6 Å². The van der Waals surface area contributed by atoms with E-state index in [1.165, 1.54) is 17.7 Å². The first-order chi connectivity index (χ1) is 17.3. The maximum atomic E-state index is 12.6. The van der Waals surface area contributed by atoms with Gasteiger partial charge in [0.05, 0.1) is 15.6 Å². The first-order valence-corrected chi connectivity index (χ1v) is 11.9. The van der Waals surface area contributed by atoms with Crippen molar-refractivity contribution in [2.45, 2.75) is 26.3 Å². The summed E-state index contributed by atoms with van der Waals surface area (Å²) >= 11 is 12.1. The van der Waals surface area contributed by atoms with Crippen molar-refractivity contribution in [3.8, 4) is 0 Å². The van der Waals surface area contributed by atoms with E-state index in [4.69, 9.17) is 23.2 Å². The Labute approximate surface area is 250 Å². The number of halogens is 2. The van der Waals surface area contributed by atoms with Gasteiger partial charge in [0, 0.05) is 24.6 Å². The Hall–Kier alpha value is -2.68. The molecule has 0 bridgehead atoms. The van der Waals surface area contributed by atoms with Crippen LogP contribution >= 0.6 is 23.2 Å². The summed E-state index contributed by atoms with van der Waals surface area (Å²) in [6, 6.07) is 13.0. The van der Waals surface area contributed by atoms with Crippen molar-refractivity contribution in [1.82, 2.24) is 15.3 Å². The summed E-state index contributed by atoms with van der Waals surface area (Å²) in [5.41, 5.74) is 3.03.